The van der Waals surface area contributed by atoms with Gasteiger partial charge in [-0.25, -0.2) is 14.6 Å². The van der Waals surface area contributed by atoms with Gasteiger partial charge in [-0.15, -0.1) is 0 Å². The van der Waals surface area contributed by atoms with Crippen LogP contribution in [0.4, 0.5) is 10.5 Å². The van der Waals surface area contributed by atoms with E-state index < -0.39 is 32.0 Å². The van der Waals surface area contributed by atoms with Gasteiger partial charge in [-0.05, 0) is 122 Å². The summed E-state index contributed by atoms with van der Waals surface area (Å²) in [5, 5.41) is 10.6. The van der Waals surface area contributed by atoms with Crippen LogP contribution >= 0.6 is 0 Å². The maximum Gasteiger partial charge on any atom is 0.510 e. The first kappa shape index (κ1) is 54.7. The van der Waals surface area contributed by atoms with Gasteiger partial charge in [-0.3, -0.25) is 14.4 Å². The molecule has 0 radical (unpaired) electrons. The van der Waals surface area contributed by atoms with E-state index in [1.807, 2.05) is 18.2 Å². The fraction of sp³-hybridized carbons (Fsp3) is 0.556. The molecule has 3 aromatic rings. The standard InChI is InChI=1S/C54H73N7O11Si/c1-9-43-44-28-42(72-73(7,8)53(4,5)6)21-22-47(44)59-49-45(43)31-61-30-38-33-69-51(65)54(10-2,46(38)29-48(49)61)71-52(66)70-32-36-17-19-39(20-18-36)58-50(64)37(15-12-13-23-56-11-3)27-41(63)35-68-34-40(62)16-14-25-67-26-24-57-60-55/h17-22,28-29,37,56H,9-16,23-27,30-35H2,1-8H3,(H,58,64)/i3T. The maximum atomic E-state index is 13.8. The summed E-state index contributed by atoms with van der Waals surface area (Å²) >= 11 is 0. The molecule has 2 atom stereocenters. The molecule has 2 aromatic carbocycles. The van der Waals surface area contributed by atoms with Crippen LogP contribution in [0.1, 0.15) is 110 Å². The number of unbranched alkanes of at least 4 members (excludes halogenated alkanes) is 1. The lowest BCUT2D eigenvalue weighted by atomic mass is 9.82. The summed E-state index contributed by atoms with van der Waals surface area (Å²) in [4.78, 5) is 76.2. The number of Topliss-reactive ketones (excluding diaryl/α,β-unsaturated/α-hetero) is 2. The van der Waals surface area contributed by atoms with Gasteiger partial charge >= 0.3 is 12.1 Å². The van der Waals surface area contributed by atoms with Crippen LogP contribution in [0, 0.1) is 5.92 Å². The molecule has 0 saturated heterocycles. The third-order valence-corrected chi connectivity index (χ3v) is 18.4. The number of anilines is 1. The summed E-state index contributed by atoms with van der Waals surface area (Å²) in [7, 11) is -2.08. The fourth-order valence-corrected chi connectivity index (χ4v) is 10.00. The van der Waals surface area contributed by atoms with E-state index in [0.29, 0.717) is 68.9 Å². The van der Waals surface area contributed by atoms with Crippen molar-refractivity contribution < 1.29 is 53.5 Å². The Morgan fingerprint density at radius 2 is 1.81 bits per heavy atom. The van der Waals surface area contributed by atoms with E-state index in [1.54, 1.807) is 31.2 Å². The molecule has 0 spiro atoms. The number of amides is 1. The predicted octanol–water partition coefficient (Wildman–Crippen LogP) is 9.69. The Balaban J connectivity index is 1.06. The zero-order valence-electron chi connectivity index (χ0n) is 44.6. The number of hydrogen-bond donors (Lipinski definition) is 2. The van der Waals surface area contributed by atoms with Crippen LogP contribution in [0.15, 0.2) is 64.8 Å². The fourth-order valence-electron chi connectivity index (χ4n) is 8.98. The van der Waals surface area contributed by atoms with Gasteiger partial charge in [0.1, 0.15) is 32.2 Å². The Morgan fingerprint density at radius 3 is 2.53 bits per heavy atom. The number of benzene rings is 2. The Hall–Kier alpha value is -6.11. The monoisotopic (exact) mass is 1030 g/mol. The summed E-state index contributed by atoms with van der Waals surface area (Å²) in [6.07, 6.45) is 4.22. The molecule has 4 heterocycles. The number of azide groups is 1. The zero-order valence-corrected chi connectivity index (χ0v) is 44.6. The van der Waals surface area contributed by atoms with Crippen molar-refractivity contribution >= 4 is 60.2 Å². The van der Waals surface area contributed by atoms with Crippen molar-refractivity contribution in [3.8, 4) is 5.75 Å². The van der Waals surface area contributed by atoms with E-state index in [2.05, 4.69) is 72.4 Å². The lowest BCUT2D eigenvalue weighted by Crippen LogP contribution is -2.51. The molecule has 2 N–H and O–H groups in total. The largest absolute Gasteiger partial charge is 0.543 e. The van der Waals surface area contributed by atoms with Gasteiger partial charge in [0, 0.05) is 73.5 Å². The minimum atomic E-state index is -2.08. The van der Waals surface area contributed by atoms with E-state index in [1.165, 1.54) is 5.56 Å². The van der Waals surface area contributed by atoms with Gasteiger partial charge < -0.3 is 43.6 Å². The molecular weight excluding hydrogens is 951 g/mol. The van der Waals surface area contributed by atoms with Gasteiger partial charge in [-0.2, -0.15) is 0 Å². The highest BCUT2D eigenvalue weighted by Gasteiger charge is 2.52. The second-order valence-electron chi connectivity index (χ2n) is 20.2. The number of cyclic esters (lactones) is 1. The van der Waals surface area contributed by atoms with Crippen molar-refractivity contribution in [2.45, 2.75) is 130 Å². The first-order valence-corrected chi connectivity index (χ1v) is 28.3. The highest BCUT2D eigenvalue weighted by atomic mass is 28.4. The molecule has 19 heteroatoms. The molecular formula is C54H73N7O11Si. The average Bonchev–Trinajstić information content (AvgIpc) is 3.72. The third-order valence-electron chi connectivity index (χ3n) is 14.0. The molecule has 18 nitrogen and oxygen atoms in total. The maximum absolute atomic E-state index is 13.8. The van der Waals surface area contributed by atoms with Crippen LogP contribution in [0.5, 0.6) is 5.75 Å². The number of aromatic nitrogens is 1. The topological polar surface area (TPSA) is 230 Å². The number of hydrogen-bond acceptors (Lipinski definition) is 15. The molecule has 3 aliphatic heterocycles. The van der Waals surface area contributed by atoms with Crippen molar-refractivity contribution in [3.63, 3.8) is 0 Å². The van der Waals surface area contributed by atoms with Crippen LogP contribution in [0.25, 0.3) is 27.0 Å². The highest BCUT2D eigenvalue weighted by molar-refractivity contribution is 6.74. The Morgan fingerprint density at radius 1 is 1.03 bits per heavy atom. The first-order valence-electron chi connectivity index (χ1n) is 26.1. The van der Waals surface area contributed by atoms with E-state index in [0.717, 1.165) is 52.0 Å². The molecule has 0 bridgehead atoms. The summed E-state index contributed by atoms with van der Waals surface area (Å²) in [6, 6.07) is 12.8. The molecule has 394 valence electrons. The number of rotatable bonds is 28. The molecule has 0 aliphatic carbocycles. The average molecular weight is 1030 g/mol. The van der Waals surface area contributed by atoms with Gasteiger partial charge in [0.2, 0.25) is 19.8 Å². The molecule has 0 saturated carbocycles. The molecule has 3 aliphatic rings. The smallest absolute Gasteiger partial charge is 0.510 e. The Bertz CT molecular complexity index is 2630. The van der Waals surface area contributed by atoms with Crippen molar-refractivity contribution in [1.29, 1.82) is 0 Å². The number of carbonyl (C=O) groups is 5. The lowest BCUT2D eigenvalue weighted by Gasteiger charge is -2.39. The number of ether oxygens (including phenoxy) is 5. The lowest BCUT2D eigenvalue weighted by molar-refractivity contribution is -0.165. The summed E-state index contributed by atoms with van der Waals surface area (Å²) in [5.74, 6) is -1.34. The van der Waals surface area contributed by atoms with E-state index >= 15 is 0 Å². The van der Waals surface area contributed by atoms with Crippen molar-refractivity contribution in [1.82, 2.24) is 15.2 Å². The molecule has 1 aromatic heterocycles. The summed E-state index contributed by atoms with van der Waals surface area (Å²) in [6.45, 7) is 17.8. The van der Waals surface area contributed by atoms with Gasteiger partial charge in [-0.1, -0.05) is 65.2 Å². The highest BCUT2D eigenvalue weighted by Crippen LogP contribution is 2.46. The van der Waals surface area contributed by atoms with E-state index in [4.69, 9.17) is 40.0 Å². The van der Waals surface area contributed by atoms with Crippen LogP contribution in [0.2, 0.25) is 18.1 Å². The van der Waals surface area contributed by atoms with Crippen LogP contribution in [0.3, 0.4) is 0 Å². The van der Waals surface area contributed by atoms with Crippen LogP contribution < -0.4 is 15.1 Å². The molecule has 1 amide bonds. The number of nitrogens with zero attached hydrogens (tertiary/aromatic N) is 5. The quantitative estimate of drug-likeness (QED) is 0.0172. The molecule has 2 unspecified atom stereocenters. The summed E-state index contributed by atoms with van der Waals surface area (Å²) in [5.41, 5.74) is 13.9. The van der Waals surface area contributed by atoms with Gasteiger partial charge in [0.15, 0.2) is 11.6 Å². The third kappa shape index (κ3) is 14.4. The minimum Gasteiger partial charge on any atom is -0.543 e. The number of carbonyl (C=O) groups excluding carboxylic acids is 5. The van der Waals surface area contributed by atoms with Crippen LogP contribution in [-0.4, -0.2) is 113 Å². The van der Waals surface area contributed by atoms with Crippen LogP contribution in [-0.2, 0) is 62.4 Å². The van der Waals surface area contributed by atoms with Crippen molar-refractivity contribution in [2.75, 3.05) is 64.5 Å². The molecule has 73 heavy (non-hydrogen) atoms. The normalized spacial score (nSPS) is 16.8. The van der Waals surface area contributed by atoms with Gasteiger partial charge in [0.05, 0.1) is 23.5 Å². The zero-order chi connectivity index (χ0) is 53.5. The number of fused-ring (bicyclic) bond motifs is 4. The number of ketones is 2. The van der Waals surface area contributed by atoms with E-state index in [-0.39, 0.29) is 88.3 Å². The van der Waals surface area contributed by atoms with Gasteiger partial charge in [0.25, 0.3) is 0 Å². The minimum absolute atomic E-state index is 0.0443. The molecule has 0 fully saturated rings. The molecule has 6 rings (SSSR count). The number of esters is 1. The van der Waals surface area contributed by atoms with E-state index in [9.17, 15) is 24.0 Å². The second kappa shape index (κ2) is 25.7. The first-order chi connectivity index (χ1) is 35.4. The van der Waals surface area contributed by atoms with Crippen molar-refractivity contribution in [2.24, 2.45) is 11.0 Å². The predicted molar refractivity (Wildman–Crippen MR) is 280 cm³/mol. The Labute approximate surface area is 431 Å². The number of nitrogens with one attached hydrogen (secondary N) is 2. The number of pyridine rings is 1. The van der Waals surface area contributed by atoms with Crippen molar-refractivity contribution in [3.05, 3.63) is 92.5 Å². The number of aryl methyl sites for hydroxylation is 1. The second-order valence-corrected chi connectivity index (χ2v) is 24.9. The summed E-state index contributed by atoms with van der Waals surface area (Å²) < 4.78 is 42.0. The Kier molecular flexibility index (Phi) is 19.2. The SMILES string of the molecule is [3H]CCNCCCCC(CC(=O)COCC(=O)CCCOCCN=[N+]=[N-])C(=O)Nc1ccc(COC(=O)OC2(CC)C(=O)OCC3=C2C=C2c4nc5ccc(O[Si](C)(C)C(C)(C)C)cc5c(CC)c4CN2C3)cc1.